The van der Waals surface area contributed by atoms with Crippen molar-refractivity contribution in [1.82, 2.24) is 14.5 Å². The molecule has 0 saturated carbocycles. The number of rotatable bonds is 2. The summed E-state index contributed by atoms with van der Waals surface area (Å²) in [5.74, 6) is 0.744. The van der Waals surface area contributed by atoms with Crippen molar-refractivity contribution in [2.75, 3.05) is 6.54 Å². The van der Waals surface area contributed by atoms with Crippen LogP contribution in [0.4, 0.5) is 0 Å². The lowest BCUT2D eigenvalue weighted by atomic mass is 10.2. The monoisotopic (exact) mass is 321 g/mol. The second-order valence-electron chi connectivity index (χ2n) is 5.60. The number of para-hydroxylation sites is 1. The molecule has 1 aromatic carbocycles. The van der Waals surface area contributed by atoms with E-state index >= 15 is 0 Å². The van der Waals surface area contributed by atoms with Crippen LogP contribution in [-0.2, 0) is 16.6 Å². The largest absolute Gasteiger partial charge is 0.489 e. The van der Waals surface area contributed by atoms with Gasteiger partial charge in [-0.3, -0.25) is 5.10 Å². The number of hydrogen-bond donors (Lipinski definition) is 1. The van der Waals surface area contributed by atoms with Crippen LogP contribution < -0.4 is 4.74 Å². The molecular weight excluding hydrogens is 302 g/mol. The highest BCUT2D eigenvalue weighted by Crippen LogP contribution is 2.29. The molecule has 6 nitrogen and oxygen atoms in total. The van der Waals surface area contributed by atoms with Crippen LogP contribution in [0.2, 0.25) is 0 Å². The van der Waals surface area contributed by atoms with Gasteiger partial charge in [0.25, 0.3) is 0 Å². The van der Waals surface area contributed by atoms with E-state index in [9.17, 15) is 8.42 Å². The first-order chi connectivity index (χ1) is 10.4. The Morgan fingerprint density at radius 3 is 2.73 bits per heavy atom. The summed E-state index contributed by atoms with van der Waals surface area (Å²) < 4.78 is 33.3. The maximum Gasteiger partial charge on any atom is 0.247 e. The van der Waals surface area contributed by atoms with Gasteiger partial charge in [-0.15, -0.1) is 0 Å². The van der Waals surface area contributed by atoms with Crippen molar-refractivity contribution in [3.8, 4) is 5.75 Å². The van der Waals surface area contributed by atoms with Crippen LogP contribution >= 0.6 is 0 Å². The minimum absolute atomic E-state index is 0.217. The molecule has 2 aromatic rings. The summed E-state index contributed by atoms with van der Waals surface area (Å²) in [6, 6.07) is 7.54. The first-order valence-electron chi connectivity index (χ1n) is 7.16. The Morgan fingerprint density at radius 1 is 1.32 bits per heavy atom. The van der Waals surface area contributed by atoms with Gasteiger partial charge in [0.05, 0.1) is 17.9 Å². The molecule has 0 fully saturated rings. The summed E-state index contributed by atoms with van der Waals surface area (Å²) >= 11 is 0. The SMILES string of the molecule is Cc1n[nH]c(C)c1S(=O)(=O)N1Cc2ccccc2OC(C)C1. The van der Waals surface area contributed by atoms with E-state index in [4.69, 9.17) is 4.74 Å². The van der Waals surface area contributed by atoms with Crippen molar-refractivity contribution in [2.45, 2.75) is 38.3 Å². The van der Waals surface area contributed by atoms with Crippen molar-refractivity contribution >= 4 is 10.0 Å². The van der Waals surface area contributed by atoms with Gasteiger partial charge in [-0.25, -0.2) is 8.42 Å². The van der Waals surface area contributed by atoms with Crippen LogP contribution in [0, 0.1) is 13.8 Å². The van der Waals surface area contributed by atoms with E-state index in [-0.39, 0.29) is 11.0 Å². The highest BCUT2D eigenvalue weighted by atomic mass is 32.2. The second-order valence-corrected chi connectivity index (χ2v) is 7.47. The predicted octanol–water partition coefficient (Wildman–Crippen LogP) is 2.00. The second kappa shape index (κ2) is 5.40. The molecule has 1 N–H and O–H groups in total. The fourth-order valence-corrected chi connectivity index (χ4v) is 4.60. The van der Waals surface area contributed by atoms with E-state index in [0.29, 0.717) is 24.5 Å². The molecule has 0 saturated heterocycles. The average Bonchev–Trinajstić information content (AvgIpc) is 2.69. The maximum absolute atomic E-state index is 13.0. The molecule has 1 unspecified atom stereocenters. The number of nitrogens with one attached hydrogen (secondary N) is 1. The smallest absolute Gasteiger partial charge is 0.247 e. The van der Waals surface area contributed by atoms with E-state index in [2.05, 4.69) is 10.2 Å². The zero-order valence-electron chi connectivity index (χ0n) is 12.8. The standard InChI is InChI=1S/C15H19N3O3S/c1-10-8-18(9-13-6-4-5-7-14(13)21-10)22(19,20)15-11(2)16-17-12(15)3/h4-7,10H,8-9H2,1-3H3,(H,16,17). The van der Waals surface area contributed by atoms with Crippen molar-refractivity contribution in [2.24, 2.45) is 0 Å². The van der Waals surface area contributed by atoms with Gasteiger partial charge in [-0.2, -0.15) is 9.40 Å². The van der Waals surface area contributed by atoms with E-state index in [1.807, 2.05) is 31.2 Å². The van der Waals surface area contributed by atoms with Crippen LogP contribution in [0.25, 0.3) is 0 Å². The van der Waals surface area contributed by atoms with Gasteiger partial charge in [0.2, 0.25) is 10.0 Å². The summed E-state index contributed by atoms with van der Waals surface area (Å²) in [7, 11) is -3.62. The van der Waals surface area contributed by atoms with Gasteiger partial charge in [-0.05, 0) is 26.8 Å². The van der Waals surface area contributed by atoms with E-state index in [1.54, 1.807) is 13.8 Å². The average molecular weight is 321 g/mol. The molecule has 22 heavy (non-hydrogen) atoms. The Labute approximate surface area is 130 Å². The van der Waals surface area contributed by atoms with Gasteiger partial charge in [0.1, 0.15) is 16.7 Å². The number of fused-ring (bicyclic) bond motifs is 1. The lowest BCUT2D eigenvalue weighted by Crippen LogP contribution is -2.36. The minimum Gasteiger partial charge on any atom is -0.489 e. The molecule has 0 amide bonds. The van der Waals surface area contributed by atoms with Crippen LogP contribution in [-0.4, -0.2) is 35.6 Å². The molecule has 1 atom stereocenters. The number of benzene rings is 1. The molecule has 7 heteroatoms. The number of H-pyrrole nitrogens is 1. The summed E-state index contributed by atoms with van der Waals surface area (Å²) in [5.41, 5.74) is 1.92. The van der Waals surface area contributed by atoms with Crippen molar-refractivity contribution < 1.29 is 13.2 Å². The lowest BCUT2D eigenvalue weighted by Gasteiger charge is -2.21. The summed E-state index contributed by atoms with van der Waals surface area (Å²) in [6.07, 6.45) is -0.217. The molecule has 118 valence electrons. The molecule has 0 bridgehead atoms. The van der Waals surface area contributed by atoms with Crippen molar-refractivity contribution in [3.05, 3.63) is 41.2 Å². The minimum atomic E-state index is -3.62. The molecule has 0 spiro atoms. The van der Waals surface area contributed by atoms with Crippen LogP contribution in [0.1, 0.15) is 23.9 Å². The molecule has 0 radical (unpaired) electrons. The Morgan fingerprint density at radius 2 is 2.05 bits per heavy atom. The van der Waals surface area contributed by atoms with Crippen molar-refractivity contribution in [1.29, 1.82) is 0 Å². The number of hydrogen-bond acceptors (Lipinski definition) is 4. The molecular formula is C15H19N3O3S. The van der Waals surface area contributed by atoms with E-state index in [0.717, 1.165) is 11.3 Å². The summed E-state index contributed by atoms with van der Waals surface area (Å²) in [4.78, 5) is 0.263. The topological polar surface area (TPSA) is 75.3 Å². The number of aryl methyl sites for hydroxylation is 2. The molecule has 1 aromatic heterocycles. The van der Waals surface area contributed by atoms with Gasteiger partial charge >= 0.3 is 0 Å². The number of aromatic amines is 1. The van der Waals surface area contributed by atoms with E-state index in [1.165, 1.54) is 4.31 Å². The third-order valence-corrected chi connectivity index (χ3v) is 5.84. The number of ether oxygens (including phenoxy) is 1. The lowest BCUT2D eigenvalue weighted by molar-refractivity contribution is 0.201. The highest BCUT2D eigenvalue weighted by Gasteiger charge is 2.33. The fourth-order valence-electron chi connectivity index (χ4n) is 2.78. The van der Waals surface area contributed by atoms with E-state index < -0.39 is 10.0 Å². The Bertz CT molecular complexity index is 779. The zero-order valence-corrected chi connectivity index (χ0v) is 13.6. The molecule has 2 heterocycles. The quantitative estimate of drug-likeness (QED) is 0.918. The highest BCUT2D eigenvalue weighted by molar-refractivity contribution is 7.89. The van der Waals surface area contributed by atoms with Crippen molar-refractivity contribution in [3.63, 3.8) is 0 Å². The van der Waals surface area contributed by atoms with Crippen LogP contribution in [0.5, 0.6) is 5.75 Å². The summed E-state index contributed by atoms with van der Waals surface area (Å²) in [5, 5.41) is 6.74. The summed E-state index contributed by atoms with van der Waals surface area (Å²) in [6.45, 7) is 5.90. The molecule has 3 rings (SSSR count). The molecule has 0 aliphatic carbocycles. The number of nitrogens with zero attached hydrogens (tertiary/aromatic N) is 2. The van der Waals surface area contributed by atoms with Gasteiger partial charge in [0.15, 0.2) is 0 Å². The fraction of sp³-hybridized carbons (Fsp3) is 0.400. The Kier molecular flexibility index (Phi) is 3.70. The van der Waals surface area contributed by atoms with Crippen LogP contribution in [0.15, 0.2) is 29.2 Å². The maximum atomic E-state index is 13.0. The predicted molar refractivity (Wildman–Crippen MR) is 82.2 cm³/mol. The molecule has 1 aliphatic rings. The number of aromatic nitrogens is 2. The normalized spacial score (nSPS) is 19.3. The zero-order chi connectivity index (χ0) is 15.9. The van der Waals surface area contributed by atoms with Gasteiger partial charge in [0, 0.05) is 12.1 Å². The van der Waals surface area contributed by atoms with Crippen LogP contribution in [0.3, 0.4) is 0 Å². The first kappa shape index (κ1) is 15.1. The molecule has 1 aliphatic heterocycles. The van der Waals surface area contributed by atoms with Gasteiger partial charge in [-0.1, -0.05) is 18.2 Å². The third kappa shape index (κ3) is 2.50. The van der Waals surface area contributed by atoms with Gasteiger partial charge < -0.3 is 4.74 Å². The Balaban J connectivity index is 2.04. The Hall–Kier alpha value is -1.86. The third-order valence-electron chi connectivity index (χ3n) is 3.77. The number of sulfonamides is 1. The first-order valence-corrected chi connectivity index (χ1v) is 8.60.